The summed E-state index contributed by atoms with van der Waals surface area (Å²) in [6.45, 7) is 1.11. The minimum atomic E-state index is 0.420. The van der Waals surface area contributed by atoms with E-state index in [2.05, 4.69) is 48.2 Å². The maximum absolute atomic E-state index is 11.4. The lowest BCUT2D eigenvalue weighted by Gasteiger charge is -2.43. The Labute approximate surface area is 119 Å². The van der Waals surface area contributed by atoms with E-state index in [4.69, 9.17) is 0 Å². The summed E-state index contributed by atoms with van der Waals surface area (Å²) in [7, 11) is 2.19. The number of piperidine rings is 1. The maximum Gasteiger partial charge on any atom is 0.128 e. The van der Waals surface area contributed by atoms with Gasteiger partial charge >= 0.3 is 0 Å². The molecule has 0 spiro atoms. The lowest BCUT2D eigenvalue weighted by Crippen LogP contribution is -2.43. The van der Waals surface area contributed by atoms with Crippen LogP contribution in [0.15, 0.2) is 47.1 Å². The predicted molar refractivity (Wildman–Crippen MR) is 80.0 cm³/mol. The number of benzene rings is 1. The number of rotatable bonds is 0. The molecular formula is C18H17NO. The summed E-state index contributed by atoms with van der Waals surface area (Å²) in [6.07, 6.45) is 5.13. The van der Waals surface area contributed by atoms with Crippen LogP contribution in [-0.2, 0) is 11.2 Å². The fourth-order valence-electron chi connectivity index (χ4n) is 3.86. The van der Waals surface area contributed by atoms with Crippen LogP contribution in [0.25, 0.3) is 5.57 Å². The number of likely N-dealkylation sites (tertiary alicyclic amines) is 1. The molecule has 3 aliphatic rings. The Morgan fingerprint density at radius 1 is 1.30 bits per heavy atom. The summed E-state index contributed by atoms with van der Waals surface area (Å²) >= 11 is 0. The summed E-state index contributed by atoms with van der Waals surface area (Å²) < 4.78 is 0. The largest absolute Gasteiger partial charge is 0.299 e. The second-order valence-corrected chi connectivity index (χ2v) is 5.91. The molecule has 0 N–H and O–H groups in total. The summed E-state index contributed by atoms with van der Waals surface area (Å²) in [5.41, 5.74) is 7.46. The number of allylic oxidation sites excluding steroid dienone is 3. The first-order valence-electron chi connectivity index (χ1n) is 7.26. The second kappa shape index (κ2) is 4.31. The Morgan fingerprint density at radius 3 is 3.00 bits per heavy atom. The van der Waals surface area contributed by atoms with E-state index < -0.39 is 0 Å². The topological polar surface area (TPSA) is 20.3 Å². The first-order chi connectivity index (χ1) is 9.79. The van der Waals surface area contributed by atoms with Crippen molar-refractivity contribution < 1.29 is 4.79 Å². The van der Waals surface area contributed by atoms with E-state index in [1.165, 1.54) is 27.8 Å². The van der Waals surface area contributed by atoms with Crippen molar-refractivity contribution in [2.75, 3.05) is 13.6 Å². The number of nitrogens with zero attached hydrogens (tertiary/aromatic N) is 1. The van der Waals surface area contributed by atoms with Crippen molar-refractivity contribution in [3.63, 3.8) is 0 Å². The Morgan fingerprint density at radius 2 is 2.15 bits per heavy atom. The molecule has 1 saturated heterocycles. The third-order valence-corrected chi connectivity index (χ3v) is 4.89. The van der Waals surface area contributed by atoms with E-state index >= 15 is 0 Å². The van der Waals surface area contributed by atoms with Gasteiger partial charge in [-0.3, -0.25) is 4.90 Å². The molecule has 2 nitrogen and oxygen atoms in total. The van der Waals surface area contributed by atoms with E-state index in [9.17, 15) is 4.79 Å². The van der Waals surface area contributed by atoms with Crippen molar-refractivity contribution in [2.24, 2.45) is 0 Å². The molecule has 0 radical (unpaired) electrons. The number of hydrogen-bond donors (Lipinski definition) is 0. The summed E-state index contributed by atoms with van der Waals surface area (Å²) in [4.78, 5) is 13.8. The van der Waals surface area contributed by atoms with E-state index in [-0.39, 0.29) is 0 Å². The van der Waals surface area contributed by atoms with Crippen LogP contribution in [0.5, 0.6) is 0 Å². The SMILES string of the molecule is CN1CCC2=CCC(=C=O)C3=C2C1Cc1ccccc13. The lowest BCUT2D eigenvalue weighted by atomic mass is 9.71. The average molecular weight is 263 g/mol. The number of carbonyl (C=O) groups excluding carboxylic acids is 1. The van der Waals surface area contributed by atoms with Gasteiger partial charge in [-0.05, 0) is 42.2 Å². The van der Waals surface area contributed by atoms with Crippen molar-refractivity contribution in [1.82, 2.24) is 4.90 Å². The van der Waals surface area contributed by atoms with Gasteiger partial charge in [-0.15, -0.1) is 0 Å². The first kappa shape index (κ1) is 11.9. The van der Waals surface area contributed by atoms with Crippen LogP contribution >= 0.6 is 0 Å². The molecule has 1 atom stereocenters. The molecule has 100 valence electrons. The van der Waals surface area contributed by atoms with E-state index in [1.54, 1.807) is 0 Å². The normalized spacial score (nSPS) is 24.8. The molecule has 0 saturated carbocycles. The van der Waals surface area contributed by atoms with Crippen LogP contribution in [0.2, 0.25) is 0 Å². The molecule has 1 fully saturated rings. The van der Waals surface area contributed by atoms with Gasteiger partial charge in [0.25, 0.3) is 0 Å². The van der Waals surface area contributed by atoms with E-state index in [0.29, 0.717) is 6.04 Å². The van der Waals surface area contributed by atoms with Crippen LogP contribution in [0.3, 0.4) is 0 Å². The summed E-state index contributed by atoms with van der Waals surface area (Å²) in [5, 5.41) is 0. The zero-order valence-electron chi connectivity index (χ0n) is 11.6. The Bertz CT molecular complexity index is 704. The highest BCUT2D eigenvalue weighted by Gasteiger charge is 2.37. The molecule has 20 heavy (non-hydrogen) atoms. The van der Waals surface area contributed by atoms with Crippen LogP contribution in [0.4, 0.5) is 0 Å². The van der Waals surface area contributed by atoms with Gasteiger partial charge < -0.3 is 0 Å². The molecule has 0 aromatic heterocycles. The molecule has 1 aliphatic heterocycles. The molecule has 4 rings (SSSR count). The minimum Gasteiger partial charge on any atom is -0.299 e. The summed E-state index contributed by atoms with van der Waals surface area (Å²) in [6, 6.07) is 8.94. The molecule has 1 unspecified atom stereocenters. The summed E-state index contributed by atoms with van der Waals surface area (Å²) in [5.74, 6) is 2.19. The van der Waals surface area contributed by atoms with Crippen molar-refractivity contribution >= 4 is 11.5 Å². The van der Waals surface area contributed by atoms with Gasteiger partial charge in [0.05, 0.1) is 0 Å². The molecular weight excluding hydrogens is 246 g/mol. The lowest BCUT2D eigenvalue weighted by molar-refractivity contribution is 0.253. The highest BCUT2D eigenvalue weighted by Crippen LogP contribution is 2.46. The van der Waals surface area contributed by atoms with Gasteiger partial charge in [0.1, 0.15) is 5.94 Å². The van der Waals surface area contributed by atoms with Crippen LogP contribution in [-0.4, -0.2) is 30.5 Å². The van der Waals surface area contributed by atoms with Crippen LogP contribution in [0.1, 0.15) is 24.0 Å². The molecule has 2 aliphatic carbocycles. The fourth-order valence-corrected chi connectivity index (χ4v) is 3.86. The van der Waals surface area contributed by atoms with Crippen molar-refractivity contribution in [3.8, 4) is 0 Å². The molecule has 2 heteroatoms. The molecule has 1 aromatic rings. The smallest absolute Gasteiger partial charge is 0.128 e. The second-order valence-electron chi connectivity index (χ2n) is 5.91. The van der Waals surface area contributed by atoms with Gasteiger partial charge in [-0.2, -0.15) is 0 Å². The average Bonchev–Trinajstić information content (AvgIpc) is 2.50. The van der Waals surface area contributed by atoms with Crippen molar-refractivity contribution in [3.05, 3.63) is 58.2 Å². The third kappa shape index (κ3) is 1.53. The predicted octanol–water partition coefficient (Wildman–Crippen LogP) is 2.79. The molecule has 0 bridgehead atoms. The molecule has 0 amide bonds. The van der Waals surface area contributed by atoms with Crippen LogP contribution < -0.4 is 0 Å². The fraction of sp³-hybridized carbons (Fsp3) is 0.333. The third-order valence-electron chi connectivity index (χ3n) is 4.89. The van der Waals surface area contributed by atoms with E-state index in [0.717, 1.165) is 31.4 Å². The Balaban J connectivity index is 2.04. The number of likely N-dealkylation sites (N-methyl/N-ethyl adjacent to an activating group) is 1. The number of fused-ring (bicyclic) bond motifs is 2. The van der Waals surface area contributed by atoms with Gasteiger partial charge in [-0.1, -0.05) is 30.3 Å². The van der Waals surface area contributed by atoms with Gasteiger partial charge in [0, 0.05) is 30.2 Å². The Hall–Kier alpha value is -1.89. The van der Waals surface area contributed by atoms with Crippen molar-refractivity contribution in [2.45, 2.75) is 25.3 Å². The van der Waals surface area contributed by atoms with Gasteiger partial charge in [-0.25, -0.2) is 4.79 Å². The zero-order valence-corrected chi connectivity index (χ0v) is 11.6. The quantitative estimate of drug-likeness (QED) is 0.671. The highest BCUT2D eigenvalue weighted by atomic mass is 16.1. The molecule has 1 aromatic carbocycles. The molecule has 1 heterocycles. The zero-order chi connectivity index (χ0) is 13.7. The van der Waals surface area contributed by atoms with Crippen molar-refractivity contribution in [1.29, 1.82) is 0 Å². The maximum atomic E-state index is 11.4. The first-order valence-corrected chi connectivity index (χ1v) is 7.26. The van der Waals surface area contributed by atoms with Crippen LogP contribution in [0, 0.1) is 0 Å². The van der Waals surface area contributed by atoms with Gasteiger partial charge in [0.15, 0.2) is 0 Å². The number of hydrogen-bond acceptors (Lipinski definition) is 2. The standard InChI is InChI=1S/C18H17NO/c1-19-9-8-12-6-7-14(11-20)17-15-5-3-2-4-13(15)10-16(19)18(12)17/h2-6,16H,7-10H2,1H3. The monoisotopic (exact) mass is 263 g/mol. The minimum absolute atomic E-state index is 0.420. The highest BCUT2D eigenvalue weighted by molar-refractivity contribution is 5.95. The Kier molecular flexibility index (Phi) is 2.56. The van der Waals surface area contributed by atoms with E-state index in [1.807, 2.05) is 0 Å². The van der Waals surface area contributed by atoms with Gasteiger partial charge in [0.2, 0.25) is 0 Å².